The molecule has 0 spiro atoms. The van der Waals surface area contributed by atoms with Crippen LogP contribution in [0, 0.1) is 11.8 Å². The van der Waals surface area contributed by atoms with E-state index in [1.165, 1.54) is 0 Å². The molecule has 2 amide bonds. The maximum atomic E-state index is 15.0. The van der Waals surface area contributed by atoms with Crippen LogP contribution in [0.3, 0.4) is 0 Å². The number of nitrogens with zero attached hydrogens (tertiary/aromatic N) is 2. The summed E-state index contributed by atoms with van der Waals surface area (Å²) in [6, 6.07) is 0. The third kappa shape index (κ3) is 34.3. The summed E-state index contributed by atoms with van der Waals surface area (Å²) in [4.78, 5) is 60.6. The van der Waals surface area contributed by atoms with Crippen LogP contribution in [-0.2, 0) is 28.7 Å². The summed E-state index contributed by atoms with van der Waals surface area (Å²) in [5.41, 5.74) is -1.86. The Morgan fingerprint density at radius 3 is 1.28 bits per heavy atom. The molecule has 0 atom stereocenters. The van der Waals surface area contributed by atoms with Crippen molar-refractivity contribution in [3.05, 3.63) is 72.9 Å². The average molecular weight is 965 g/mol. The number of nitrogens with one attached hydrogen (secondary N) is 1. The summed E-state index contributed by atoms with van der Waals surface area (Å²) in [6.07, 6.45) is 43.9. The van der Waals surface area contributed by atoms with Crippen LogP contribution in [0.1, 0.15) is 223 Å². The summed E-state index contributed by atoms with van der Waals surface area (Å²) < 4.78 is 11.7. The Bertz CT molecular complexity index is 1450. The number of amides is 2. The van der Waals surface area contributed by atoms with Gasteiger partial charge in [0.25, 0.3) is 0 Å². The minimum absolute atomic E-state index is 0.0875. The molecular weight excluding hydrogens is 859 g/mol. The highest BCUT2D eigenvalue weighted by molar-refractivity contribution is 5.92. The van der Waals surface area contributed by atoms with Gasteiger partial charge in [-0.2, -0.15) is 0 Å². The minimum Gasteiger partial charge on any atom is -0.465 e. The van der Waals surface area contributed by atoms with Gasteiger partial charge in [-0.25, -0.2) is 0 Å². The predicted octanol–water partition coefficient (Wildman–Crippen LogP) is 14.9. The van der Waals surface area contributed by atoms with E-state index in [2.05, 4.69) is 132 Å². The van der Waals surface area contributed by atoms with Gasteiger partial charge in [0.1, 0.15) is 5.54 Å². The smallest absolute Gasteiger partial charge is 0.305 e. The molecule has 0 aliphatic heterocycles. The Kier molecular flexibility index (Phi) is 40.8. The van der Waals surface area contributed by atoms with Crippen molar-refractivity contribution >= 4 is 23.8 Å². The monoisotopic (exact) mass is 964 g/mol. The number of unbranched alkanes of at least 4 members (excludes halogenated alkanes) is 1. The molecule has 0 aliphatic carbocycles. The molecular formula is C60H105N3O6. The summed E-state index contributed by atoms with van der Waals surface area (Å²) >= 11 is 0. The zero-order valence-electron chi connectivity index (χ0n) is 46.1. The van der Waals surface area contributed by atoms with Gasteiger partial charge in [-0.15, -0.1) is 0 Å². The maximum absolute atomic E-state index is 15.0. The van der Waals surface area contributed by atoms with Crippen LogP contribution in [0.5, 0.6) is 0 Å². The van der Waals surface area contributed by atoms with E-state index in [4.69, 9.17) is 9.47 Å². The molecule has 0 saturated heterocycles. The first-order valence-corrected chi connectivity index (χ1v) is 27.8. The maximum Gasteiger partial charge on any atom is 0.305 e. The zero-order chi connectivity index (χ0) is 51.4. The van der Waals surface area contributed by atoms with Gasteiger partial charge in [0.05, 0.1) is 13.2 Å². The molecule has 69 heavy (non-hydrogen) atoms. The van der Waals surface area contributed by atoms with Crippen LogP contribution in [0.4, 0.5) is 0 Å². The number of ether oxygens (including phenoxy) is 2. The fraction of sp³-hybridized carbons (Fsp3) is 0.733. The van der Waals surface area contributed by atoms with Crippen molar-refractivity contribution in [2.24, 2.45) is 11.8 Å². The number of allylic oxidation sites excluding steroid dienone is 12. The first-order chi connectivity index (χ1) is 33.3. The first-order valence-electron chi connectivity index (χ1n) is 27.8. The molecule has 9 nitrogen and oxygen atoms in total. The Morgan fingerprint density at radius 1 is 0.507 bits per heavy atom. The van der Waals surface area contributed by atoms with Crippen molar-refractivity contribution in [1.29, 1.82) is 0 Å². The van der Waals surface area contributed by atoms with Crippen molar-refractivity contribution in [2.75, 3.05) is 39.4 Å². The summed E-state index contributed by atoms with van der Waals surface area (Å²) in [7, 11) is 0. The van der Waals surface area contributed by atoms with Crippen LogP contribution in [0.25, 0.3) is 0 Å². The topological polar surface area (TPSA) is 105 Å². The largest absolute Gasteiger partial charge is 0.465 e. The first kappa shape index (κ1) is 65.3. The van der Waals surface area contributed by atoms with Crippen molar-refractivity contribution < 1.29 is 28.7 Å². The Labute approximate surface area is 424 Å². The second-order valence-electron chi connectivity index (χ2n) is 19.9. The average Bonchev–Trinajstić information content (AvgIpc) is 3.31. The predicted molar refractivity (Wildman–Crippen MR) is 293 cm³/mol. The van der Waals surface area contributed by atoms with E-state index in [-0.39, 0.29) is 55.9 Å². The van der Waals surface area contributed by atoms with E-state index in [9.17, 15) is 14.4 Å². The van der Waals surface area contributed by atoms with Crippen LogP contribution in [0.2, 0.25) is 0 Å². The quantitative estimate of drug-likeness (QED) is 0.0369. The van der Waals surface area contributed by atoms with Crippen molar-refractivity contribution in [3.63, 3.8) is 0 Å². The Morgan fingerprint density at radius 2 is 0.899 bits per heavy atom. The third-order valence-corrected chi connectivity index (χ3v) is 12.5. The van der Waals surface area contributed by atoms with Gasteiger partial charge in [-0.1, -0.05) is 147 Å². The van der Waals surface area contributed by atoms with Crippen molar-refractivity contribution in [2.45, 2.75) is 234 Å². The number of esters is 2. The SMILES string of the molecule is CC/C=C\C/C=C\C/C=C\C/C=C\C/C=C\C/C=C\CCC(=O)N(CCCCN(CC)CC)C(CCCC(=O)OCC(CCC)CCC)(CCCC(=O)OCC(CCC)CCC)C(=O)NC(C)(C)C. The number of rotatable bonds is 43. The lowest BCUT2D eigenvalue weighted by Crippen LogP contribution is -2.63. The molecule has 0 unspecified atom stereocenters. The molecule has 0 aromatic heterocycles. The van der Waals surface area contributed by atoms with E-state index in [1.54, 1.807) is 0 Å². The molecule has 0 aromatic rings. The summed E-state index contributed by atoms with van der Waals surface area (Å²) in [5.74, 6) is -0.195. The van der Waals surface area contributed by atoms with Crippen LogP contribution >= 0.6 is 0 Å². The second kappa shape index (κ2) is 43.1. The second-order valence-corrected chi connectivity index (χ2v) is 19.9. The standard InChI is InChI=1S/C60H105N3O6/c1-11-18-19-20-21-22-23-24-25-26-27-28-29-30-31-32-33-34-35-44-55(64)63(50-37-36-49-62(16-6)17-7)60(58(67)61-59(8,9)10,47-38-45-56(65)68-51-53(40-12-2)41-13-3)48-39-46-57(66)69-52-54(42-14-4)43-15-5/h18-19,21-22,24-25,27-28,30-31,33-34,53-54H,11-17,20,23,26,29,32,35-52H2,1-10H3,(H,61,67)/b19-18-,22-21-,25-24-,28-27-,31-30-,34-33-. The highest BCUT2D eigenvalue weighted by Crippen LogP contribution is 2.33. The molecule has 0 aromatic carbocycles. The van der Waals surface area contributed by atoms with E-state index >= 15 is 4.79 Å². The fourth-order valence-electron chi connectivity index (χ4n) is 8.78. The normalized spacial score (nSPS) is 12.8. The van der Waals surface area contributed by atoms with Gasteiger partial charge in [0.2, 0.25) is 11.8 Å². The summed E-state index contributed by atoms with van der Waals surface area (Å²) in [6.45, 7) is 25.0. The van der Waals surface area contributed by atoms with E-state index in [1.807, 2.05) is 25.7 Å². The van der Waals surface area contributed by atoms with Gasteiger partial charge < -0.3 is 24.6 Å². The minimum atomic E-state index is -1.28. The molecule has 0 aliphatic rings. The lowest BCUT2D eigenvalue weighted by atomic mass is 9.82. The van der Waals surface area contributed by atoms with Crippen molar-refractivity contribution in [3.8, 4) is 0 Å². The van der Waals surface area contributed by atoms with Gasteiger partial charge in [0, 0.05) is 31.3 Å². The van der Waals surface area contributed by atoms with Gasteiger partial charge >= 0.3 is 11.9 Å². The zero-order valence-corrected chi connectivity index (χ0v) is 46.1. The van der Waals surface area contributed by atoms with E-state index < -0.39 is 11.1 Å². The number of carbonyl (C=O) groups is 4. The van der Waals surface area contributed by atoms with Crippen LogP contribution in [-0.4, -0.2) is 84.0 Å². The molecule has 0 rings (SSSR count). The molecule has 0 saturated carbocycles. The highest BCUT2D eigenvalue weighted by Gasteiger charge is 2.46. The van der Waals surface area contributed by atoms with Gasteiger partial charge in [-0.05, 0) is 161 Å². The molecule has 0 radical (unpaired) electrons. The number of hydrogen-bond acceptors (Lipinski definition) is 7. The van der Waals surface area contributed by atoms with Crippen LogP contribution in [0.15, 0.2) is 72.9 Å². The highest BCUT2D eigenvalue weighted by atomic mass is 16.5. The number of carbonyl (C=O) groups excluding carboxylic acids is 4. The lowest BCUT2D eigenvalue weighted by molar-refractivity contribution is -0.152. The molecule has 9 heteroatoms. The Hall–Kier alpha value is -3.72. The van der Waals surface area contributed by atoms with Crippen molar-refractivity contribution in [1.82, 2.24) is 15.1 Å². The molecule has 0 bridgehead atoms. The summed E-state index contributed by atoms with van der Waals surface area (Å²) in [5, 5.41) is 3.26. The van der Waals surface area contributed by atoms with Gasteiger partial charge in [-0.3, -0.25) is 19.2 Å². The van der Waals surface area contributed by atoms with Crippen LogP contribution < -0.4 is 5.32 Å². The third-order valence-electron chi connectivity index (χ3n) is 12.5. The fourth-order valence-corrected chi connectivity index (χ4v) is 8.78. The Balaban J connectivity index is 6.41. The van der Waals surface area contributed by atoms with Gasteiger partial charge in [0.15, 0.2) is 0 Å². The molecule has 0 fully saturated rings. The van der Waals surface area contributed by atoms with E-state index in [0.717, 1.165) is 122 Å². The molecule has 1 N–H and O–H groups in total. The molecule has 396 valence electrons. The van der Waals surface area contributed by atoms with E-state index in [0.29, 0.717) is 50.9 Å². The lowest BCUT2D eigenvalue weighted by Gasteiger charge is -2.45. The molecule has 0 heterocycles. The number of hydrogen-bond donors (Lipinski definition) is 1.